The number of piperidine rings is 1. The Morgan fingerprint density at radius 3 is 2.12 bits per heavy atom. The van der Waals surface area contributed by atoms with Gasteiger partial charge in [-0.05, 0) is 74.3 Å². The monoisotopic (exact) mass is 468 g/mol. The van der Waals surface area contributed by atoms with E-state index >= 15 is 0 Å². The summed E-state index contributed by atoms with van der Waals surface area (Å²) in [5.74, 6) is 0.0595. The minimum Gasteiger partial charge on any atom is -0.336 e. The molecule has 4 rings (SSSR count). The standard InChI is InChI=1S/C26H33ClN4O2/c27-23-8-4-21(5-9-23)12-15-29-16-18-31(19-17-29)26(33)22-6-10-24(11-7-22)28-25(32)20-30-13-2-1-3-14-30/h4-11H,1-3,12-20H2,(H,28,32). The highest BCUT2D eigenvalue weighted by Crippen LogP contribution is 2.15. The van der Waals surface area contributed by atoms with Gasteiger partial charge in [-0.1, -0.05) is 30.2 Å². The van der Waals surface area contributed by atoms with E-state index in [0.717, 1.165) is 62.9 Å². The summed E-state index contributed by atoms with van der Waals surface area (Å²) < 4.78 is 0. The van der Waals surface area contributed by atoms with Crippen molar-refractivity contribution in [2.45, 2.75) is 25.7 Å². The molecule has 33 heavy (non-hydrogen) atoms. The molecule has 2 aliphatic rings. The van der Waals surface area contributed by atoms with Crippen molar-refractivity contribution in [3.05, 3.63) is 64.7 Å². The van der Waals surface area contributed by atoms with E-state index in [0.29, 0.717) is 12.1 Å². The number of nitrogens with one attached hydrogen (secondary N) is 1. The van der Waals surface area contributed by atoms with Crippen LogP contribution in [0.25, 0.3) is 0 Å². The zero-order valence-electron chi connectivity index (χ0n) is 19.1. The maximum absolute atomic E-state index is 12.9. The first-order valence-corrected chi connectivity index (χ1v) is 12.3. The molecule has 6 nitrogen and oxygen atoms in total. The number of anilines is 1. The summed E-state index contributed by atoms with van der Waals surface area (Å²) >= 11 is 5.96. The maximum atomic E-state index is 12.9. The molecule has 0 radical (unpaired) electrons. The van der Waals surface area contributed by atoms with Crippen LogP contribution in [0.5, 0.6) is 0 Å². The Kier molecular flexibility index (Phi) is 8.37. The maximum Gasteiger partial charge on any atom is 0.253 e. The van der Waals surface area contributed by atoms with E-state index in [1.807, 2.05) is 41.3 Å². The zero-order valence-corrected chi connectivity index (χ0v) is 19.9. The van der Waals surface area contributed by atoms with Crippen LogP contribution < -0.4 is 5.32 Å². The Balaban J connectivity index is 1.20. The summed E-state index contributed by atoms with van der Waals surface area (Å²) in [7, 11) is 0. The van der Waals surface area contributed by atoms with E-state index < -0.39 is 0 Å². The van der Waals surface area contributed by atoms with Gasteiger partial charge in [0.2, 0.25) is 5.91 Å². The molecule has 0 bridgehead atoms. The van der Waals surface area contributed by atoms with E-state index in [-0.39, 0.29) is 11.8 Å². The van der Waals surface area contributed by atoms with Gasteiger partial charge in [0.1, 0.15) is 0 Å². The molecule has 2 saturated heterocycles. The second-order valence-electron chi connectivity index (χ2n) is 8.97. The summed E-state index contributed by atoms with van der Waals surface area (Å²) in [4.78, 5) is 31.7. The SMILES string of the molecule is O=C(CN1CCCCC1)Nc1ccc(C(=O)N2CCN(CCc3ccc(Cl)cc3)CC2)cc1. The van der Waals surface area contributed by atoms with Crippen molar-refractivity contribution in [1.82, 2.24) is 14.7 Å². The fourth-order valence-electron chi connectivity index (χ4n) is 4.51. The highest BCUT2D eigenvalue weighted by Gasteiger charge is 2.22. The topological polar surface area (TPSA) is 55.9 Å². The number of hydrogen-bond donors (Lipinski definition) is 1. The number of rotatable bonds is 7. The fourth-order valence-corrected chi connectivity index (χ4v) is 4.64. The number of carbonyl (C=O) groups is 2. The Bertz CT molecular complexity index is 918. The van der Waals surface area contributed by atoms with Gasteiger partial charge in [-0.3, -0.25) is 19.4 Å². The van der Waals surface area contributed by atoms with Crippen LogP contribution in [-0.4, -0.2) is 78.9 Å². The third kappa shape index (κ3) is 7.03. The van der Waals surface area contributed by atoms with E-state index in [4.69, 9.17) is 11.6 Å². The summed E-state index contributed by atoms with van der Waals surface area (Å²) in [6.45, 7) is 6.62. The van der Waals surface area contributed by atoms with Gasteiger partial charge in [-0.15, -0.1) is 0 Å². The predicted octanol–water partition coefficient (Wildman–Crippen LogP) is 3.76. The van der Waals surface area contributed by atoms with Gasteiger partial charge in [-0.25, -0.2) is 0 Å². The molecule has 0 atom stereocenters. The molecule has 2 heterocycles. The number of likely N-dealkylation sites (tertiary alicyclic amines) is 1. The lowest BCUT2D eigenvalue weighted by atomic mass is 10.1. The Morgan fingerprint density at radius 1 is 0.788 bits per heavy atom. The lowest BCUT2D eigenvalue weighted by Crippen LogP contribution is -2.49. The number of hydrogen-bond acceptors (Lipinski definition) is 4. The smallest absolute Gasteiger partial charge is 0.253 e. The first-order chi connectivity index (χ1) is 16.1. The van der Waals surface area contributed by atoms with Crippen molar-refractivity contribution in [2.24, 2.45) is 0 Å². The molecule has 2 fully saturated rings. The highest BCUT2D eigenvalue weighted by molar-refractivity contribution is 6.30. The average molecular weight is 469 g/mol. The molecule has 0 saturated carbocycles. The van der Waals surface area contributed by atoms with Crippen molar-refractivity contribution in [3.63, 3.8) is 0 Å². The van der Waals surface area contributed by atoms with E-state index in [9.17, 15) is 9.59 Å². The van der Waals surface area contributed by atoms with Crippen LogP contribution in [0.4, 0.5) is 5.69 Å². The van der Waals surface area contributed by atoms with Gasteiger partial charge in [0.05, 0.1) is 6.54 Å². The van der Waals surface area contributed by atoms with E-state index in [1.165, 1.54) is 24.8 Å². The number of amides is 2. The van der Waals surface area contributed by atoms with Gasteiger partial charge in [0, 0.05) is 49.0 Å². The van der Waals surface area contributed by atoms with Crippen molar-refractivity contribution in [2.75, 3.05) is 57.7 Å². The predicted molar refractivity (Wildman–Crippen MR) is 133 cm³/mol. The van der Waals surface area contributed by atoms with Crippen molar-refractivity contribution >= 4 is 29.1 Å². The quantitative estimate of drug-likeness (QED) is 0.672. The van der Waals surface area contributed by atoms with Gasteiger partial charge >= 0.3 is 0 Å². The number of halogens is 1. The normalized spacial score (nSPS) is 17.7. The second kappa shape index (κ2) is 11.6. The van der Waals surface area contributed by atoms with E-state index in [2.05, 4.69) is 27.2 Å². The number of piperazine rings is 1. The molecule has 7 heteroatoms. The van der Waals surface area contributed by atoms with Crippen LogP contribution in [-0.2, 0) is 11.2 Å². The van der Waals surface area contributed by atoms with Gasteiger partial charge in [-0.2, -0.15) is 0 Å². The largest absolute Gasteiger partial charge is 0.336 e. The minimum absolute atomic E-state index is 0.00528. The summed E-state index contributed by atoms with van der Waals surface area (Å²) in [5.41, 5.74) is 2.68. The Hall–Kier alpha value is -2.41. The number of carbonyl (C=O) groups excluding carboxylic acids is 2. The molecule has 2 aliphatic heterocycles. The van der Waals surface area contributed by atoms with Crippen LogP contribution >= 0.6 is 11.6 Å². The van der Waals surface area contributed by atoms with Crippen molar-refractivity contribution in [3.8, 4) is 0 Å². The number of nitrogens with zero attached hydrogens (tertiary/aromatic N) is 3. The van der Waals surface area contributed by atoms with E-state index in [1.54, 1.807) is 0 Å². The molecule has 1 N–H and O–H groups in total. The van der Waals surface area contributed by atoms with Crippen LogP contribution in [0.3, 0.4) is 0 Å². The summed E-state index contributed by atoms with van der Waals surface area (Å²) in [6.07, 6.45) is 4.57. The molecule has 0 spiro atoms. The van der Waals surface area contributed by atoms with Gasteiger partial charge in [0.15, 0.2) is 0 Å². The molecular formula is C26H33ClN4O2. The van der Waals surface area contributed by atoms with Crippen LogP contribution in [0.15, 0.2) is 48.5 Å². The molecule has 2 aromatic carbocycles. The Labute approximate surface area is 201 Å². The number of benzene rings is 2. The Morgan fingerprint density at radius 2 is 1.45 bits per heavy atom. The third-order valence-electron chi connectivity index (χ3n) is 6.52. The van der Waals surface area contributed by atoms with Crippen LogP contribution in [0, 0.1) is 0 Å². The molecule has 0 aromatic heterocycles. The molecule has 0 aliphatic carbocycles. The molecule has 176 valence electrons. The molecule has 0 unspecified atom stereocenters. The second-order valence-corrected chi connectivity index (χ2v) is 9.41. The minimum atomic E-state index is 0.00528. The molecule has 2 amide bonds. The summed E-state index contributed by atoms with van der Waals surface area (Å²) in [6, 6.07) is 15.3. The van der Waals surface area contributed by atoms with Crippen LogP contribution in [0.2, 0.25) is 5.02 Å². The first kappa shape index (κ1) is 23.7. The molecule has 2 aromatic rings. The van der Waals surface area contributed by atoms with Crippen molar-refractivity contribution in [1.29, 1.82) is 0 Å². The third-order valence-corrected chi connectivity index (χ3v) is 6.77. The molecular weight excluding hydrogens is 436 g/mol. The van der Waals surface area contributed by atoms with Crippen molar-refractivity contribution < 1.29 is 9.59 Å². The highest BCUT2D eigenvalue weighted by atomic mass is 35.5. The lowest BCUT2D eigenvalue weighted by Gasteiger charge is -2.34. The lowest BCUT2D eigenvalue weighted by molar-refractivity contribution is -0.117. The van der Waals surface area contributed by atoms with Gasteiger partial charge < -0.3 is 10.2 Å². The summed E-state index contributed by atoms with van der Waals surface area (Å²) in [5, 5.41) is 3.71. The van der Waals surface area contributed by atoms with Gasteiger partial charge in [0.25, 0.3) is 5.91 Å². The zero-order chi connectivity index (χ0) is 23.0. The van der Waals surface area contributed by atoms with Crippen LogP contribution in [0.1, 0.15) is 35.2 Å². The fraction of sp³-hybridized carbons (Fsp3) is 0.462. The average Bonchev–Trinajstić information content (AvgIpc) is 2.85. The first-order valence-electron chi connectivity index (χ1n) is 12.0.